The molecule has 1 aliphatic carbocycles. The van der Waals surface area contributed by atoms with Gasteiger partial charge >= 0.3 is 5.69 Å². The Morgan fingerprint density at radius 2 is 1.88 bits per heavy atom. The number of hydrogen-bond donors (Lipinski definition) is 2. The Hall–Kier alpha value is -1.89. The molecule has 1 saturated carbocycles. The molecule has 0 radical (unpaired) electrons. The fourth-order valence-corrected chi connectivity index (χ4v) is 3.61. The SMILES string of the molecule is Cc1[nH]c(=O)[nH]c(=O)c1CN1CCC(=O)N(CC2CC2)[C@@H](C(C)C)C1. The van der Waals surface area contributed by atoms with Crippen molar-refractivity contribution in [3.05, 3.63) is 32.1 Å². The minimum absolute atomic E-state index is 0.165. The molecule has 0 bridgehead atoms. The lowest BCUT2D eigenvalue weighted by Crippen LogP contribution is -2.47. The lowest BCUT2D eigenvalue weighted by molar-refractivity contribution is -0.133. The number of nitrogens with one attached hydrogen (secondary N) is 2. The lowest BCUT2D eigenvalue weighted by atomic mass is 10.0. The molecule has 2 heterocycles. The smallest absolute Gasteiger partial charge is 0.325 e. The maximum Gasteiger partial charge on any atom is 0.325 e. The highest BCUT2D eigenvalue weighted by Crippen LogP contribution is 2.32. The molecule has 2 N–H and O–H groups in total. The number of aromatic nitrogens is 2. The fraction of sp³-hybridized carbons (Fsp3) is 0.722. The van der Waals surface area contributed by atoms with Crippen molar-refractivity contribution in [2.75, 3.05) is 19.6 Å². The largest absolute Gasteiger partial charge is 0.338 e. The zero-order valence-electron chi connectivity index (χ0n) is 15.3. The molecule has 0 aromatic carbocycles. The van der Waals surface area contributed by atoms with E-state index < -0.39 is 5.69 Å². The van der Waals surface area contributed by atoms with Crippen LogP contribution in [0.3, 0.4) is 0 Å². The average molecular weight is 348 g/mol. The molecule has 2 aliphatic rings. The first-order chi connectivity index (χ1) is 11.8. The first kappa shape index (κ1) is 17.9. The summed E-state index contributed by atoms with van der Waals surface area (Å²) in [6.07, 6.45) is 2.94. The van der Waals surface area contributed by atoms with Gasteiger partial charge in [-0.1, -0.05) is 13.8 Å². The van der Waals surface area contributed by atoms with Crippen LogP contribution < -0.4 is 11.2 Å². The van der Waals surface area contributed by atoms with E-state index in [9.17, 15) is 14.4 Å². The topological polar surface area (TPSA) is 89.3 Å². The summed E-state index contributed by atoms with van der Waals surface area (Å²) < 4.78 is 0. The number of nitrogens with zero attached hydrogens (tertiary/aromatic N) is 2. The molecule has 1 aliphatic heterocycles. The third kappa shape index (κ3) is 4.21. The van der Waals surface area contributed by atoms with Crippen molar-refractivity contribution < 1.29 is 4.79 Å². The van der Waals surface area contributed by atoms with Crippen LogP contribution in [0.15, 0.2) is 9.59 Å². The number of hydrogen-bond acceptors (Lipinski definition) is 4. The molecule has 1 aromatic heterocycles. The van der Waals surface area contributed by atoms with Gasteiger partial charge in [-0.15, -0.1) is 0 Å². The van der Waals surface area contributed by atoms with Crippen LogP contribution in [-0.4, -0.2) is 51.4 Å². The van der Waals surface area contributed by atoms with E-state index in [4.69, 9.17) is 0 Å². The van der Waals surface area contributed by atoms with Gasteiger partial charge in [0.25, 0.3) is 5.56 Å². The summed E-state index contributed by atoms with van der Waals surface area (Å²) in [6, 6.07) is 0.165. The van der Waals surface area contributed by atoms with Gasteiger partial charge < -0.3 is 9.88 Å². The number of rotatable bonds is 5. The number of aromatic amines is 2. The van der Waals surface area contributed by atoms with E-state index in [2.05, 4.69) is 33.6 Å². The van der Waals surface area contributed by atoms with Crippen molar-refractivity contribution >= 4 is 5.91 Å². The van der Waals surface area contributed by atoms with E-state index in [1.807, 2.05) is 0 Å². The molecule has 1 saturated heterocycles. The van der Waals surface area contributed by atoms with Crippen LogP contribution in [0.5, 0.6) is 0 Å². The molecule has 0 unspecified atom stereocenters. The predicted octanol–water partition coefficient (Wildman–Crippen LogP) is 0.841. The maximum absolute atomic E-state index is 12.7. The minimum Gasteiger partial charge on any atom is -0.338 e. The van der Waals surface area contributed by atoms with Crippen molar-refractivity contribution in [2.45, 2.75) is 52.6 Å². The Morgan fingerprint density at radius 1 is 1.16 bits per heavy atom. The van der Waals surface area contributed by atoms with Gasteiger partial charge in [-0.25, -0.2) is 4.79 Å². The summed E-state index contributed by atoms with van der Waals surface area (Å²) in [5, 5.41) is 0. The van der Waals surface area contributed by atoms with Crippen LogP contribution in [0.4, 0.5) is 0 Å². The van der Waals surface area contributed by atoms with Crippen molar-refractivity contribution in [2.24, 2.45) is 11.8 Å². The first-order valence-electron chi connectivity index (χ1n) is 9.19. The summed E-state index contributed by atoms with van der Waals surface area (Å²) in [5.74, 6) is 1.25. The number of H-pyrrole nitrogens is 2. The Morgan fingerprint density at radius 3 is 2.48 bits per heavy atom. The second kappa shape index (κ2) is 7.15. The van der Waals surface area contributed by atoms with Gasteiger partial charge in [-0.3, -0.25) is 19.5 Å². The highest BCUT2D eigenvalue weighted by Gasteiger charge is 2.35. The molecule has 0 spiro atoms. The van der Waals surface area contributed by atoms with Gasteiger partial charge in [-0.2, -0.15) is 0 Å². The molecule has 1 aromatic rings. The van der Waals surface area contributed by atoms with Crippen LogP contribution in [-0.2, 0) is 11.3 Å². The van der Waals surface area contributed by atoms with Crippen molar-refractivity contribution in [3.8, 4) is 0 Å². The van der Waals surface area contributed by atoms with Gasteiger partial charge in [0.1, 0.15) is 0 Å². The van der Waals surface area contributed by atoms with E-state index >= 15 is 0 Å². The van der Waals surface area contributed by atoms with Crippen LogP contribution in [0.1, 0.15) is 44.4 Å². The highest BCUT2D eigenvalue weighted by atomic mass is 16.2. The third-order valence-corrected chi connectivity index (χ3v) is 5.37. The van der Waals surface area contributed by atoms with Gasteiger partial charge in [0.15, 0.2) is 0 Å². The summed E-state index contributed by atoms with van der Waals surface area (Å²) in [7, 11) is 0. The van der Waals surface area contributed by atoms with Crippen LogP contribution in [0.25, 0.3) is 0 Å². The summed E-state index contributed by atoms with van der Waals surface area (Å²) in [5.41, 5.74) is 0.353. The zero-order valence-corrected chi connectivity index (χ0v) is 15.3. The summed E-state index contributed by atoms with van der Waals surface area (Å²) >= 11 is 0. The zero-order chi connectivity index (χ0) is 18.1. The van der Waals surface area contributed by atoms with Gasteiger partial charge in [0.2, 0.25) is 5.91 Å². The Labute approximate surface area is 147 Å². The molecule has 25 heavy (non-hydrogen) atoms. The fourth-order valence-electron chi connectivity index (χ4n) is 3.61. The molecule has 7 heteroatoms. The molecule has 7 nitrogen and oxygen atoms in total. The van der Waals surface area contributed by atoms with E-state index in [1.165, 1.54) is 12.8 Å². The number of carbonyl (C=O) groups excluding carboxylic acids is 1. The molecular formula is C18H28N4O3. The van der Waals surface area contributed by atoms with Gasteiger partial charge in [0, 0.05) is 44.3 Å². The molecule has 3 rings (SSSR count). The van der Waals surface area contributed by atoms with Gasteiger partial charge in [-0.05, 0) is 31.6 Å². The number of aryl methyl sites for hydroxylation is 1. The average Bonchev–Trinajstić information content (AvgIpc) is 3.34. The second-order valence-corrected chi connectivity index (χ2v) is 7.80. The Balaban J connectivity index is 1.80. The van der Waals surface area contributed by atoms with Crippen molar-refractivity contribution in [3.63, 3.8) is 0 Å². The standard InChI is InChI=1S/C18H28N4O3/c1-11(2)15-10-21(7-6-16(23)22(15)8-13-4-5-13)9-14-12(3)19-18(25)20-17(14)24/h11,13,15H,4-10H2,1-3H3,(H2,19,20,24,25)/t15-/m1/s1. The van der Waals surface area contributed by atoms with Crippen LogP contribution in [0.2, 0.25) is 0 Å². The highest BCUT2D eigenvalue weighted by molar-refractivity contribution is 5.77. The van der Waals surface area contributed by atoms with Crippen molar-refractivity contribution in [1.82, 2.24) is 19.8 Å². The molecule has 138 valence electrons. The third-order valence-electron chi connectivity index (χ3n) is 5.37. The number of carbonyl (C=O) groups is 1. The predicted molar refractivity (Wildman–Crippen MR) is 95.4 cm³/mol. The van der Waals surface area contributed by atoms with Crippen LogP contribution >= 0.6 is 0 Å². The summed E-state index contributed by atoms with van der Waals surface area (Å²) in [6.45, 7) is 8.77. The quantitative estimate of drug-likeness (QED) is 0.825. The Kier molecular flexibility index (Phi) is 5.13. The van der Waals surface area contributed by atoms with Crippen molar-refractivity contribution in [1.29, 1.82) is 0 Å². The number of amides is 1. The van der Waals surface area contributed by atoms with E-state index in [0.717, 1.165) is 13.1 Å². The van der Waals surface area contributed by atoms with Gasteiger partial charge in [0.05, 0.1) is 5.56 Å². The normalized spacial score (nSPS) is 22.5. The maximum atomic E-state index is 12.7. The van der Waals surface area contributed by atoms with E-state index in [-0.39, 0.29) is 17.5 Å². The monoisotopic (exact) mass is 348 g/mol. The summed E-state index contributed by atoms with van der Waals surface area (Å²) in [4.78, 5) is 45.4. The molecule has 1 amide bonds. The van der Waals surface area contributed by atoms with E-state index in [1.54, 1.807) is 6.92 Å². The lowest BCUT2D eigenvalue weighted by Gasteiger charge is -2.35. The van der Waals surface area contributed by atoms with Crippen LogP contribution in [0, 0.1) is 18.8 Å². The Bertz CT molecular complexity index is 747. The molecule has 2 fully saturated rings. The molecule has 1 atom stereocenters. The molecular weight excluding hydrogens is 320 g/mol. The minimum atomic E-state index is -0.479. The second-order valence-electron chi connectivity index (χ2n) is 7.80. The van der Waals surface area contributed by atoms with E-state index in [0.29, 0.717) is 42.6 Å². The first-order valence-corrected chi connectivity index (χ1v) is 9.19.